The second kappa shape index (κ2) is 5.52. The molecule has 0 rings (SSSR count). The van der Waals surface area contributed by atoms with Gasteiger partial charge in [-0.3, -0.25) is 0 Å². The van der Waals surface area contributed by atoms with Crippen molar-refractivity contribution in [2.45, 2.75) is 20.8 Å². The van der Waals surface area contributed by atoms with E-state index in [1.165, 1.54) is 0 Å². The summed E-state index contributed by atoms with van der Waals surface area (Å²) < 4.78 is 2.05. The Morgan fingerprint density at radius 3 is 2.11 bits per heavy atom. The molecule has 52 valence electrons. The third-order valence-corrected chi connectivity index (χ3v) is 1.13. The molecule has 0 aromatic carbocycles. The molecule has 0 heterocycles. The predicted molar refractivity (Wildman–Crippen MR) is 39.3 cm³/mol. The van der Waals surface area contributed by atoms with Crippen molar-refractivity contribution in [2.75, 3.05) is 19.6 Å². The molecule has 0 fully saturated rings. The Kier molecular flexibility index (Phi) is 5.14. The summed E-state index contributed by atoms with van der Waals surface area (Å²) in [4.78, 5) is 3.99. The molecule has 0 radical (unpaired) electrons. The van der Waals surface area contributed by atoms with Gasteiger partial charge in [-0.05, 0) is 25.8 Å². The van der Waals surface area contributed by atoms with Crippen LogP contribution in [0.5, 0.6) is 0 Å². The molecule has 0 aliphatic carbocycles. The van der Waals surface area contributed by atoms with Gasteiger partial charge < -0.3 is 0 Å². The van der Waals surface area contributed by atoms with Crippen molar-refractivity contribution in [3.8, 4) is 0 Å². The van der Waals surface area contributed by atoms with Gasteiger partial charge in [0.15, 0.2) is 0 Å². The highest BCUT2D eigenvalue weighted by Crippen LogP contribution is 1.69. The van der Waals surface area contributed by atoms with Crippen LogP contribution in [0, 0.1) is 0 Å². The minimum atomic E-state index is 0.830. The summed E-state index contributed by atoms with van der Waals surface area (Å²) in [7, 11) is 0. The van der Waals surface area contributed by atoms with Crippen molar-refractivity contribution >= 4 is 6.01 Å². The van der Waals surface area contributed by atoms with Crippen molar-refractivity contribution in [1.82, 2.24) is 0 Å². The number of hydrogen-bond donors (Lipinski definition) is 0. The van der Waals surface area contributed by atoms with Crippen LogP contribution in [-0.2, 0) is 0 Å². The summed E-state index contributed by atoms with van der Waals surface area (Å²) in [6, 6.07) is 2.93. The van der Waals surface area contributed by atoms with Gasteiger partial charge in [-0.1, -0.05) is 0 Å². The van der Waals surface area contributed by atoms with Crippen LogP contribution in [0.15, 0.2) is 4.99 Å². The van der Waals surface area contributed by atoms with Crippen molar-refractivity contribution in [1.29, 1.82) is 0 Å². The van der Waals surface area contributed by atoms with Crippen molar-refractivity contribution in [2.24, 2.45) is 4.99 Å². The first-order valence-corrected chi connectivity index (χ1v) is 3.52. The third kappa shape index (κ3) is 3.92. The maximum Gasteiger partial charge on any atom is 0.306 e. The predicted octanol–water partition coefficient (Wildman–Crippen LogP) is 1.23. The first-order valence-electron chi connectivity index (χ1n) is 3.52. The Bertz CT molecular complexity index is 115. The highest BCUT2D eigenvalue weighted by molar-refractivity contribution is 5.33. The van der Waals surface area contributed by atoms with Crippen LogP contribution >= 0.6 is 0 Å². The van der Waals surface area contributed by atoms with Gasteiger partial charge in [-0.15, -0.1) is 0 Å². The van der Waals surface area contributed by atoms with E-state index in [0.29, 0.717) is 0 Å². The van der Waals surface area contributed by atoms with Crippen LogP contribution in [0.4, 0.5) is 0 Å². The van der Waals surface area contributed by atoms with Crippen LogP contribution in [0.2, 0.25) is 0 Å². The Balaban J connectivity index is 3.89. The fraction of sp³-hybridized carbons (Fsp3) is 0.857. The van der Waals surface area contributed by atoms with Gasteiger partial charge >= 0.3 is 6.01 Å². The average Bonchev–Trinajstić information content (AvgIpc) is 1.91. The van der Waals surface area contributed by atoms with E-state index in [4.69, 9.17) is 0 Å². The van der Waals surface area contributed by atoms with E-state index in [1.807, 2.05) is 11.5 Å². The molecule has 0 atom stereocenters. The fourth-order valence-electron chi connectivity index (χ4n) is 0.536. The molecular weight excluding hydrogens is 112 g/mol. The van der Waals surface area contributed by atoms with Crippen LogP contribution in [-0.4, -0.2) is 30.2 Å². The van der Waals surface area contributed by atoms with E-state index in [9.17, 15) is 0 Å². The lowest BCUT2D eigenvalue weighted by Crippen LogP contribution is -2.08. The van der Waals surface area contributed by atoms with E-state index in [0.717, 1.165) is 19.6 Å². The first kappa shape index (κ1) is 8.38. The van der Waals surface area contributed by atoms with Gasteiger partial charge in [0, 0.05) is 0 Å². The van der Waals surface area contributed by atoms with Gasteiger partial charge in [0.1, 0.15) is 6.54 Å². The van der Waals surface area contributed by atoms with Crippen molar-refractivity contribution in [3.05, 3.63) is 0 Å². The van der Waals surface area contributed by atoms with E-state index >= 15 is 0 Å². The molecule has 0 aromatic rings. The van der Waals surface area contributed by atoms with Crippen molar-refractivity contribution in [3.63, 3.8) is 0 Å². The maximum absolute atomic E-state index is 3.99. The number of rotatable bonds is 3. The van der Waals surface area contributed by atoms with Gasteiger partial charge in [-0.2, -0.15) is 0 Å². The summed E-state index contributed by atoms with van der Waals surface area (Å²) in [6.45, 7) is 9.04. The van der Waals surface area contributed by atoms with Gasteiger partial charge in [0.05, 0.1) is 13.1 Å². The zero-order chi connectivity index (χ0) is 7.11. The molecule has 0 saturated carbocycles. The molecule has 0 spiro atoms. The lowest BCUT2D eigenvalue weighted by molar-refractivity contribution is -0.514. The standard InChI is InChI=1S/C7H15N2/c1-4-8-7-9(5-2)6-3/h4-6H2,1-3H3/q+1. The SMILES string of the molecule is CCN=C=[N+](CC)CC. The van der Waals surface area contributed by atoms with E-state index < -0.39 is 0 Å². The van der Waals surface area contributed by atoms with E-state index in [2.05, 4.69) is 24.8 Å². The maximum atomic E-state index is 3.99. The average molecular weight is 127 g/mol. The zero-order valence-electron chi connectivity index (χ0n) is 6.52. The molecule has 2 nitrogen and oxygen atoms in total. The lowest BCUT2D eigenvalue weighted by Gasteiger charge is -1.89. The summed E-state index contributed by atoms with van der Waals surface area (Å²) in [6.07, 6.45) is 0. The second-order valence-corrected chi connectivity index (χ2v) is 1.75. The Morgan fingerprint density at radius 1 is 1.22 bits per heavy atom. The largest absolute Gasteiger partial charge is 0.306 e. The van der Waals surface area contributed by atoms with Gasteiger partial charge in [-0.25, -0.2) is 4.58 Å². The molecule has 0 unspecified atom stereocenters. The number of nitrogens with zero attached hydrogens (tertiary/aromatic N) is 2. The molecule has 0 aromatic heterocycles. The molecule has 0 amide bonds. The lowest BCUT2D eigenvalue weighted by atomic mass is 10.6. The molecule has 0 aliphatic rings. The van der Waals surface area contributed by atoms with Crippen molar-refractivity contribution < 1.29 is 4.58 Å². The highest BCUT2D eigenvalue weighted by Gasteiger charge is 1.86. The summed E-state index contributed by atoms with van der Waals surface area (Å²) in [5, 5.41) is 0. The van der Waals surface area contributed by atoms with Crippen LogP contribution < -0.4 is 0 Å². The van der Waals surface area contributed by atoms with E-state index in [1.54, 1.807) is 0 Å². The smallest absolute Gasteiger partial charge is 0.221 e. The Labute approximate surface area is 56.9 Å². The molecular formula is C7H15N2+. The number of hydrogen-bond acceptors (Lipinski definition) is 1. The first-order chi connectivity index (χ1) is 4.35. The third-order valence-electron chi connectivity index (χ3n) is 1.13. The summed E-state index contributed by atoms with van der Waals surface area (Å²) in [5.74, 6) is 0. The quantitative estimate of drug-likeness (QED) is 0.400. The molecule has 0 saturated heterocycles. The minimum Gasteiger partial charge on any atom is -0.221 e. The normalized spacial score (nSPS) is 8.33. The Morgan fingerprint density at radius 2 is 1.78 bits per heavy atom. The molecule has 9 heavy (non-hydrogen) atoms. The molecule has 0 aliphatic heterocycles. The summed E-state index contributed by atoms with van der Waals surface area (Å²) in [5.41, 5.74) is 0. The van der Waals surface area contributed by atoms with Crippen LogP contribution in [0.25, 0.3) is 0 Å². The monoisotopic (exact) mass is 127 g/mol. The Hall–Kier alpha value is -0.620. The van der Waals surface area contributed by atoms with E-state index in [-0.39, 0.29) is 0 Å². The number of aliphatic imine (C=N–C) groups is 1. The fourth-order valence-corrected chi connectivity index (χ4v) is 0.536. The van der Waals surface area contributed by atoms with Gasteiger partial charge in [0.2, 0.25) is 0 Å². The van der Waals surface area contributed by atoms with Crippen LogP contribution in [0.1, 0.15) is 20.8 Å². The molecule has 2 heteroatoms. The second-order valence-electron chi connectivity index (χ2n) is 1.75. The minimum absolute atomic E-state index is 0.830. The zero-order valence-corrected chi connectivity index (χ0v) is 6.52. The van der Waals surface area contributed by atoms with Gasteiger partial charge in [0.25, 0.3) is 0 Å². The summed E-state index contributed by atoms with van der Waals surface area (Å²) >= 11 is 0. The molecule has 0 bridgehead atoms. The highest BCUT2D eigenvalue weighted by atomic mass is 15.0. The topological polar surface area (TPSA) is 15.4 Å². The molecule has 0 N–H and O–H groups in total. The van der Waals surface area contributed by atoms with Crippen LogP contribution in [0.3, 0.4) is 0 Å².